The second kappa shape index (κ2) is 3.85. The standard InChI is InChI=1S/C22H26/c1-14-9-7-11-16-17-12-8-10-15(2)19(17)22(18(14)16)20(3,4)13-21(22,5)6/h7-12H,13H2,1-6H3. The molecule has 0 N–H and O–H groups in total. The highest BCUT2D eigenvalue weighted by atomic mass is 14.7. The molecule has 4 rings (SSSR count). The van der Waals surface area contributed by atoms with Crippen LogP contribution in [-0.2, 0) is 5.41 Å². The molecule has 1 spiro atoms. The highest BCUT2D eigenvalue weighted by Gasteiger charge is 2.69. The van der Waals surface area contributed by atoms with Crippen LogP contribution in [0.1, 0.15) is 56.4 Å². The van der Waals surface area contributed by atoms with Gasteiger partial charge in [0.1, 0.15) is 0 Å². The van der Waals surface area contributed by atoms with E-state index in [0.29, 0.717) is 10.8 Å². The molecule has 22 heavy (non-hydrogen) atoms. The monoisotopic (exact) mass is 290 g/mol. The first-order valence-electron chi connectivity index (χ1n) is 8.45. The van der Waals surface area contributed by atoms with Crippen molar-refractivity contribution in [2.24, 2.45) is 10.8 Å². The molecule has 2 aromatic rings. The van der Waals surface area contributed by atoms with E-state index in [1.165, 1.54) is 28.7 Å². The van der Waals surface area contributed by atoms with Gasteiger partial charge in [-0.2, -0.15) is 0 Å². The van der Waals surface area contributed by atoms with E-state index >= 15 is 0 Å². The lowest BCUT2D eigenvalue weighted by Gasteiger charge is -2.68. The predicted molar refractivity (Wildman–Crippen MR) is 94.3 cm³/mol. The lowest BCUT2D eigenvalue weighted by atomic mass is 9.35. The molecule has 2 aliphatic rings. The van der Waals surface area contributed by atoms with Crippen LogP contribution in [0.3, 0.4) is 0 Å². The number of hydrogen-bond donors (Lipinski definition) is 0. The first kappa shape index (κ1) is 14.1. The van der Waals surface area contributed by atoms with Gasteiger partial charge in [0.25, 0.3) is 0 Å². The lowest BCUT2D eigenvalue weighted by molar-refractivity contribution is -0.0864. The molecule has 0 saturated heterocycles. The molecule has 1 saturated carbocycles. The summed E-state index contributed by atoms with van der Waals surface area (Å²) in [6.07, 6.45) is 1.28. The van der Waals surface area contributed by atoms with Crippen LogP contribution in [0.25, 0.3) is 11.1 Å². The zero-order valence-electron chi connectivity index (χ0n) is 14.7. The van der Waals surface area contributed by atoms with Gasteiger partial charge in [-0.25, -0.2) is 0 Å². The summed E-state index contributed by atoms with van der Waals surface area (Å²) >= 11 is 0. The molecule has 0 unspecified atom stereocenters. The average Bonchev–Trinajstić information content (AvgIpc) is 2.74. The molecule has 0 nitrogen and oxygen atoms in total. The fourth-order valence-corrected chi connectivity index (χ4v) is 6.44. The summed E-state index contributed by atoms with van der Waals surface area (Å²) in [5.41, 5.74) is 9.80. The van der Waals surface area contributed by atoms with Crippen LogP contribution in [0.5, 0.6) is 0 Å². The minimum atomic E-state index is 0.154. The molecule has 2 aromatic carbocycles. The number of benzene rings is 2. The first-order valence-corrected chi connectivity index (χ1v) is 8.45. The smallest absolute Gasteiger partial charge is 0.0322 e. The molecule has 0 aromatic heterocycles. The Morgan fingerprint density at radius 1 is 0.682 bits per heavy atom. The minimum absolute atomic E-state index is 0.154. The molecule has 114 valence electrons. The first-order chi connectivity index (χ1) is 10.2. The summed E-state index contributed by atoms with van der Waals surface area (Å²) in [7, 11) is 0. The molecule has 0 aliphatic heterocycles. The highest BCUT2D eigenvalue weighted by molar-refractivity contribution is 5.85. The van der Waals surface area contributed by atoms with Crippen molar-refractivity contribution in [1.29, 1.82) is 0 Å². The van der Waals surface area contributed by atoms with Gasteiger partial charge in [0.15, 0.2) is 0 Å². The van der Waals surface area contributed by atoms with Crippen LogP contribution in [-0.4, -0.2) is 0 Å². The van der Waals surface area contributed by atoms with E-state index in [1.807, 2.05) is 0 Å². The summed E-state index contributed by atoms with van der Waals surface area (Å²) in [6, 6.07) is 13.7. The fourth-order valence-electron chi connectivity index (χ4n) is 6.44. The van der Waals surface area contributed by atoms with Gasteiger partial charge in [-0.3, -0.25) is 0 Å². The molecular weight excluding hydrogens is 264 g/mol. The van der Waals surface area contributed by atoms with Crippen molar-refractivity contribution in [1.82, 2.24) is 0 Å². The Kier molecular flexibility index (Phi) is 2.46. The van der Waals surface area contributed by atoms with Crippen molar-refractivity contribution >= 4 is 0 Å². The third-order valence-corrected chi connectivity index (χ3v) is 6.50. The Morgan fingerprint density at radius 3 is 1.45 bits per heavy atom. The van der Waals surface area contributed by atoms with Crippen LogP contribution < -0.4 is 0 Å². The van der Waals surface area contributed by atoms with Gasteiger partial charge in [-0.05, 0) is 64.5 Å². The van der Waals surface area contributed by atoms with Crippen molar-refractivity contribution in [3.05, 3.63) is 58.7 Å². The largest absolute Gasteiger partial charge is 0.0614 e. The van der Waals surface area contributed by atoms with Gasteiger partial charge < -0.3 is 0 Å². The average molecular weight is 290 g/mol. The molecule has 0 radical (unpaired) electrons. The lowest BCUT2D eigenvalue weighted by Crippen LogP contribution is -2.64. The second-order valence-electron chi connectivity index (χ2n) is 8.69. The van der Waals surface area contributed by atoms with Crippen molar-refractivity contribution in [3.63, 3.8) is 0 Å². The van der Waals surface area contributed by atoms with Crippen molar-refractivity contribution < 1.29 is 0 Å². The molecule has 0 heteroatoms. The molecule has 0 atom stereocenters. The maximum absolute atomic E-state index is 2.47. The highest BCUT2D eigenvalue weighted by Crippen LogP contribution is 2.76. The van der Waals surface area contributed by atoms with Crippen LogP contribution in [0.15, 0.2) is 36.4 Å². The van der Waals surface area contributed by atoms with Gasteiger partial charge in [-0.1, -0.05) is 64.1 Å². The van der Waals surface area contributed by atoms with Crippen LogP contribution in [0, 0.1) is 24.7 Å². The van der Waals surface area contributed by atoms with Crippen LogP contribution in [0.4, 0.5) is 0 Å². The summed E-state index contributed by atoms with van der Waals surface area (Å²) < 4.78 is 0. The van der Waals surface area contributed by atoms with Crippen molar-refractivity contribution in [3.8, 4) is 11.1 Å². The van der Waals surface area contributed by atoms with E-state index in [9.17, 15) is 0 Å². The molecule has 0 heterocycles. The van der Waals surface area contributed by atoms with Crippen LogP contribution >= 0.6 is 0 Å². The Balaban J connectivity index is 2.22. The van der Waals surface area contributed by atoms with Gasteiger partial charge in [0.2, 0.25) is 0 Å². The Bertz CT molecular complexity index is 722. The number of fused-ring (bicyclic) bond motifs is 5. The van der Waals surface area contributed by atoms with E-state index in [-0.39, 0.29) is 5.41 Å². The molecule has 1 fully saturated rings. The van der Waals surface area contributed by atoms with E-state index < -0.39 is 0 Å². The quantitative estimate of drug-likeness (QED) is 0.556. The van der Waals surface area contributed by atoms with E-state index in [0.717, 1.165) is 0 Å². The molecular formula is C22H26. The Labute approximate surface area is 134 Å². The zero-order chi connectivity index (χ0) is 15.9. The predicted octanol–water partition coefficient (Wildman–Crippen LogP) is 6.03. The van der Waals surface area contributed by atoms with E-state index in [1.54, 1.807) is 11.1 Å². The van der Waals surface area contributed by atoms with Gasteiger partial charge in [0, 0.05) is 5.41 Å². The number of aryl methyl sites for hydroxylation is 2. The minimum Gasteiger partial charge on any atom is -0.0614 e. The fraction of sp³-hybridized carbons (Fsp3) is 0.455. The third kappa shape index (κ3) is 1.27. The maximum atomic E-state index is 2.47. The summed E-state index contributed by atoms with van der Waals surface area (Å²) in [5, 5.41) is 0. The van der Waals surface area contributed by atoms with Crippen molar-refractivity contribution in [2.75, 3.05) is 0 Å². The normalized spacial score (nSPS) is 22.1. The summed E-state index contributed by atoms with van der Waals surface area (Å²) in [6.45, 7) is 14.5. The zero-order valence-corrected chi connectivity index (χ0v) is 14.7. The summed E-state index contributed by atoms with van der Waals surface area (Å²) in [5.74, 6) is 0. The summed E-state index contributed by atoms with van der Waals surface area (Å²) in [4.78, 5) is 0. The van der Waals surface area contributed by atoms with Gasteiger partial charge in [0.05, 0.1) is 0 Å². The molecule has 2 aliphatic carbocycles. The third-order valence-electron chi connectivity index (χ3n) is 6.50. The SMILES string of the molecule is Cc1cccc2c1C1(c3c(C)cccc3-2)C(C)(C)CC1(C)C. The molecule has 0 bridgehead atoms. The topological polar surface area (TPSA) is 0 Å². The Morgan fingerprint density at radius 2 is 1.09 bits per heavy atom. The van der Waals surface area contributed by atoms with Crippen LogP contribution in [0.2, 0.25) is 0 Å². The van der Waals surface area contributed by atoms with E-state index in [4.69, 9.17) is 0 Å². The van der Waals surface area contributed by atoms with Gasteiger partial charge >= 0.3 is 0 Å². The number of rotatable bonds is 0. The Hall–Kier alpha value is -1.56. The molecule has 0 amide bonds. The maximum Gasteiger partial charge on any atom is 0.0322 e. The van der Waals surface area contributed by atoms with E-state index in [2.05, 4.69) is 77.9 Å². The number of hydrogen-bond acceptors (Lipinski definition) is 0. The van der Waals surface area contributed by atoms with Gasteiger partial charge in [-0.15, -0.1) is 0 Å². The second-order valence-corrected chi connectivity index (χ2v) is 8.69. The van der Waals surface area contributed by atoms with Crippen molar-refractivity contribution in [2.45, 2.75) is 53.4 Å².